The number of carbonyl (C=O) groups excluding carboxylic acids is 9. The fraction of sp³-hybridized carbons (Fsp3) is 0.311. The van der Waals surface area contributed by atoms with Crippen molar-refractivity contribution in [2.24, 2.45) is 7.05 Å². The normalized spacial score (nSPS) is 16.5. The summed E-state index contributed by atoms with van der Waals surface area (Å²) in [5.74, 6) is -4.78. The van der Waals surface area contributed by atoms with E-state index in [-0.39, 0.29) is 48.9 Å². The fourth-order valence-electron chi connectivity index (χ4n) is 9.55. The number of esters is 2. The van der Waals surface area contributed by atoms with Crippen LogP contribution in [0, 0.1) is 0 Å². The summed E-state index contributed by atoms with van der Waals surface area (Å²) in [7, 11) is 1.67. The van der Waals surface area contributed by atoms with Gasteiger partial charge in [-0.15, -0.1) is 16.9 Å². The molecule has 4 N–H and O–H groups in total. The summed E-state index contributed by atoms with van der Waals surface area (Å²) in [6.45, 7) is 5.93. The maximum absolute atomic E-state index is 14.7. The Labute approximate surface area is 509 Å². The Morgan fingerprint density at radius 3 is 1.83 bits per heavy atom. The summed E-state index contributed by atoms with van der Waals surface area (Å²) in [5, 5.41) is 21.7. The minimum Gasteiger partial charge on any atom is -0.451 e. The lowest BCUT2D eigenvalue weighted by Crippen LogP contribution is -2.71. The molecule has 0 aliphatic carbocycles. The maximum atomic E-state index is 14.7. The van der Waals surface area contributed by atoms with Gasteiger partial charge in [-0.05, 0) is 77.1 Å². The number of aromatic nitrogens is 4. The molecule has 0 saturated carbocycles. The van der Waals surface area contributed by atoms with Crippen LogP contribution in [0.1, 0.15) is 79.3 Å². The number of likely N-dealkylation sites (N-methyl/N-ethyl adjacent to an activating group) is 1. The number of nitrogens with one attached hydrogen (secondary N) is 4. The lowest BCUT2D eigenvalue weighted by atomic mass is 9.99. The monoisotopic (exact) mass is 1220 g/mol. The summed E-state index contributed by atoms with van der Waals surface area (Å²) >= 11 is 2.55. The zero-order valence-corrected chi connectivity index (χ0v) is 49.7. The number of piperazine rings is 1. The highest BCUT2D eigenvalue weighted by Gasteiger charge is 2.55. The van der Waals surface area contributed by atoms with Crippen molar-refractivity contribution in [2.75, 3.05) is 37.7 Å². The fourth-order valence-corrected chi connectivity index (χ4v) is 11.9. The smallest absolute Gasteiger partial charge is 0.408 e. The predicted octanol–water partition coefficient (Wildman–Crippen LogP) is 5.88. The van der Waals surface area contributed by atoms with E-state index in [0.717, 1.165) is 0 Å². The molecule has 2 saturated heterocycles. The van der Waals surface area contributed by atoms with Gasteiger partial charge in [0.15, 0.2) is 18.2 Å². The lowest BCUT2D eigenvalue weighted by Gasteiger charge is -2.50. The van der Waals surface area contributed by atoms with Crippen molar-refractivity contribution >= 4 is 77.3 Å². The standard InChI is InChI=1S/C61H63N11O13S2/c1-6-70-31-32-71(53(76)52(70)75)57(79)65-45(38-29-27-37(28-30-38)33-62-59(80)82-34-44(63-60(81)85-61(2,3)4)55(77)83-48(39-19-11-7-12-20-39)40-21-13-8-14-22-40)50(73)64-46-51(74)72-47(43(35-86-54(46)72)36-87-58-66-67-68-69(58)5)56(78)84-49(41-23-15-9-16-24-41)42-25-17-10-18-26-42/h7-30,44-46,48-49,54H,6,31-36H2,1-5H3,(H,62,80)(H,63,81)(H,64,73)(H,65,79)/t44?,45-,46+,54+/m0/s1. The van der Waals surface area contributed by atoms with Crippen molar-refractivity contribution in [2.45, 2.75) is 80.7 Å². The van der Waals surface area contributed by atoms with Gasteiger partial charge >= 0.3 is 42.0 Å². The van der Waals surface area contributed by atoms with E-state index in [9.17, 15) is 43.2 Å². The summed E-state index contributed by atoms with van der Waals surface area (Å²) in [6.07, 6.45) is -3.69. The van der Waals surface area contributed by atoms with Crippen molar-refractivity contribution in [3.63, 3.8) is 0 Å². The summed E-state index contributed by atoms with van der Waals surface area (Å²) in [5.41, 5.74) is 2.93. The molecular weight excluding hydrogens is 1160 g/mol. The van der Waals surface area contributed by atoms with Crippen LogP contribution in [-0.4, -0.2) is 149 Å². The largest absolute Gasteiger partial charge is 0.451 e. The molecule has 5 aromatic carbocycles. The van der Waals surface area contributed by atoms with Crippen LogP contribution in [0.25, 0.3) is 0 Å². The number of nitrogens with zero attached hydrogens (tertiary/aromatic N) is 7. The molecule has 24 nitrogen and oxygen atoms in total. The Balaban J connectivity index is 0.907. The third-order valence-corrected chi connectivity index (χ3v) is 16.4. The molecule has 26 heteroatoms. The van der Waals surface area contributed by atoms with Gasteiger partial charge in [-0.3, -0.25) is 29.0 Å². The van der Waals surface area contributed by atoms with Crippen molar-refractivity contribution in [1.29, 1.82) is 0 Å². The molecule has 3 aliphatic heterocycles. The minimum atomic E-state index is -1.57. The molecule has 452 valence electrons. The third-order valence-electron chi connectivity index (χ3n) is 13.9. The minimum absolute atomic E-state index is 0.00308. The number of rotatable bonds is 21. The number of β-lactam (4-membered cyclic amide) rings is 1. The Morgan fingerprint density at radius 2 is 1.29 bits per heavy atom. The lowest BCUT2D eigenvalue weighted by molar-refractivity contribution is -0.155. The molecule has 4 heterocycles. The van der Waals surface area contributed by atoms with E-state index in [2.05, 4.69) is 36.8 Å². The van der Waals surface area contributed by atoms with E-state index in [0.29, 0.717) is 43.4 Å². The third kappa shape index (κ3) is 15.3. The van der Waals surface area contributed by atoms with E-state index in [1.807, 2.05) is 72.8 Å². The molecule has 0 bridgehead atoms. The van der Waals surface area contributed by atoms with Gasteiger partial charge in [-0.2, -0.15) is 0 Å². The molecule has 87 heavy (non-hydrogen) atoms. The molecule has 1 unspecified atom stereocenters. The number of alkyl carbamates (subject to hydrolysis) is 2. The molecule has 3 aliphatic rings. The van der Waals surface area contributed by atoms with Crippen LogP contribution < -0.4 is 21.3 Å². The van der Waals surface area contributed by atoms with Crippen LogP contribution in [-0.2, 0) is 61.3 Å². The average molecular weight is 1220 g/mol. The van der Waals surface area contributed by atoms with Crippen LogP contribution in [0.5, 0.6) is 0 Å². The Hall–Kier alpha value is -9.56. The second kappa shape index (κ2) is 28.1. The molecule has 1 aromatic heterocycles. The Morgan fingerprint density at radius 1 is 0.713 bits per heavy atom. The number of thioether (sulfide) groups is 2. The summed E-state index contributed by atoms with van der Waals surface area (Å²) < 4.78 is 24.6. The number of benzene rings is 5. The summed E-state index contributed by atoms with van der Waals surface area (Å²) in [4.78, 5) is 128. The van der Waals surface area contributed by atoms with E-state index in [1.165, 1.54) is 50.1 Å². The molecule has 0 spiro atoms. The van der Waals surface area contributed by atoms with Gasteiger partial charge in [-0.25, -0.2) is 28.7 Å². The van der Waals surface area contributed by atoms with Gasteiger partial charge in [0, 0.05) is 44.7 Å². The van der Waals surface area contributed by atoms with Crippen LogP contribution in [0.2, 0.25) is 0 Å². The second-order valence-corrected chi connectivity index (χ2v) is 23.1. The van der Waals surface area contributed by atoms with Crippen LogP contribution in [0.15, 0.2) is 162 Å². The van der Waals surface area contributed by atoms with E-state index in [1.54, 1.807) is 95.4 Å². The van der Waals surface area contributed by atoms with Gasteiger partial charge in [0.1, 0.15) is 35.4 Å². The number of urea groups is 1. The van der Waals surface area contributed by atoms with Crippen molar-refractivity contribution < 1.29 is 62.1 Å². The number of ether oxygens (including phenoxy) is 4. The number of amides is 8. The number of imide groups is 1. The molecule has 6 aromatic rings. The molecular formula is C61H63N11O13S2. The highest BCUT2D eigenvalue weighted by Crippen LogP contribution is 2.43. The van der Waals surface area contributed by atoms with Crippen molar-refractivity contribution in [1.82, 2.24) is 56.2 Å². The zero-order chi connectivity index (χ0) is 61.8. The first-order valence-corrected chi connectivity index (χ1v) is 29.7. The van der Waals surface area contributed by atoms with E-state index >= 15 is 0 Å². The Kier molecular flexibility index (Phi) is 20.0. The SMILES string of the molecule is CCN1CCN(C(=O)N[C@H](C(=O)N[C@@H]2C(=O)N3C(C(=O)OC(c4ccccc4)c4ccccc4)=C(CSc4nnnn4C)CS[C@H]23)c2ccc(CNC(=O)OCC(NC(=O)OC(C)(C)C)C(=O)OC(c3ccccc3)c3ccccc3)cc2)C(=O)C1=O. The number of tetrazole rings is 1. The number of aryl methyl sites for hydroxylation is 1. The summed E-state index contributed by atoms with van der Waals surface area (Å²) in [6, 6.07) is 36.9. The van der Waals surface area contributed by atoms with E-state index in [4.69, 9.17) is 18.9 Å². The first-order chi connectivity index (χ1) is 41.9. The number of fused-ring (bicyclic) bond motifs is 1. The second-order valence-electron chi connectivity index (χ2n) is 21.1. The van der Waals surface area contributed by atoms with Gasteiger partial charge in [-0.1, -0.05) is 157 Å². The number of hydrogen-bond acceptors (Lipinski definition) is 18. The highest BCUT2D eigenvalue weighted by molar-refractivity contribution is 8.01. The van der Waals surface area contributed by atoms with Gasteiger partial charge in [0.25, 0.3) is 5.91 Å². The molecule has 4 atom stereocenters. The van der Waals surface area contributed by atoms with Crippen LogP contribution in [0.4, 0.5) is 14.4 Å². The molecule has 9 rings (SSSR count). The quantitative estimate of drug-likeness (QED) is 0.0215. The molecule has 0 radical (unpaired) electrons. The zero-order valence-electron chi connectivity index (χ0n) is 48.0. The van der Waals surface area contributed by atoms with Crippen molar-refractivity contribution in [3.8, 4) is 0 Å². The maximum Gasteiger partial charge on any atom is 0.408 e. The first kappa shape index (κ1) is 62.0. The average Bonchev–Trinajstić information content (AvgIpc) is 0.946. The van der Waals surface area contributed by atoms with Gasteiger partial charge in [0.2, 0.25) is 11.1 Å². The van der Waals surface area contributed by atoms with Crippen LogP contribution in [0.3, 0.4) is 0 Å². The Bertz CT molecular complexity index is 3440. The number of carbonyl (C=O) groups is 9. The highest BCUT2D eigenvalue weighted by atomic mass is 32.2. The van der Waals surface area contributed by atoms with Gasteiger partial charge < -0.3 is 45.1 Å². The molecule has 2 fully saturated rings. The van der Waals surface area contributed by atoms with E-state index < -0.39 is 102 Å². The van der Waals surface area contributed by atoms with Crippen molar-refractivity contribution in [3.05, 3.63) is 190 Å². The topological polar surface area (TPSA) is 292 Å². The first-order valence-electron chi connectivity index (χ1n) is 27.7. The van der Waals surface area contributed by atoms with Gasteiger partial charge in [0.05, 0.1) is 0 Å². The van der Waals surface area contributed by atoms with Crippen LogP contribution >= 0.6 is 23.5 Å². The predicted molar refractivity (Wildman–Crippen MR) is 316 cm³/mol. The number of hydrogen-bond donors (Lipinski definition) is 4. The molecule has 8 amide bonds.